The molecule has 40 heavy (non-hydrogen) atoms. The highest BCUT2D eigenvalue weighted by molar-refractivity contribution is 5.64. The number of alkyl halides is 3. The summed E-state index contributed by atoms with van der Waals surface area (Å²) in [6, 6.07) is 11.4. The molecule has 2 atom stereocenters. The van der Waals surface area contributed by atoms with E-state index in [1.165, 1.54) is 17.7 Å². The molecule has 3 nitrogen and oxygen atoms in total. The Balaban J connectivity index is 0.00000391. The number of unbranched alkanes of at least 4 members (excludes halogenated alkanes) is 4. The summed E-state index contributed by atoms with van der Waals surface area (Å²) >= 11 is 0. The molecular formula is C34H42F3N3. The molecular weight excluding hydrogens is 507 g/mol. The van der Waals surface area contributed by atoms with Crippen molar-refractivity contribution in [1.82, 2.24) is 4.98 Å². The molecule has 2 rings (SSSR count). The van der Waals surface area contributed by atoms with Gasteiger partial charge in [0, 0.05) is 29.7 Å². The standard InChI is InChI=1S/C32H40F3N3.C2H2/c1-5-28(21-36)26(4)20-24(2)19-25(3)22-37-18-12-8-6-7-9-13-27-16-17-31(38-23-27)29-14-10-11-15-30(29)32(33,34)35;1-2/h5,10-11,14-18,22-24,26H,6-9,12-13,19-20H2,1-4H3;1-2H/b25-22+,28-5-,37-18?;/t24?,26-;/m1./s1. The van der Waals surface area contributed by atoms with Gasteiger partial charge in [0.25, 0.3) is 0 Å². The van der Waals surface area contributed by atoms with Crippen molar-refractivity contribution in [2.45, 2.75) is 85.2 Å². The van der Waals surface area contributed by atoms with Crippen molar-refractivity contribution in [1.29, 1.82) is 5.26 Å². The Labute approximate surface area is 239 Å². The van der Waals surface area contributed by atoms with E-state index in [4.69, 9.17) is 0 Å². The number of aryl methyl sites for hydroxylation is 1. The van der Waals surface area contributed by atoms with Crippen molar-refractivity contribution in [3.8, 4) is 30.2 Å². The topological polar surface area (TPSA) is 49.0 Å². The Bertz CT molecular complexity index is 1170. The Kier molecular flexibility index (Phi) is 16.0. The molecule has 0 N–H and O–H groups in total. The molecule has 2 aromatic rings. The van der Waals surface area contributed by atoms with Gasteiger partial charge in [0.1, 0.15) is 0 Å². The highest BCUT2D eigenvalue weighted by Crippen LogP contribution is 2.36. The van der Waals surface area contributed by atoms with Crippen LogP contribution in [0.3, 0.4) is 0 Å². The van der Waals surface area contributed by atoms with Crippen LogP contribution >= 0.6 is 0 Å². The van der Waals surface area contributed by atoms with Crippen molar-refractivity contribution >= 4 is 6.21 Å². The third-order valence-corrected chi connectivity index (χ3v) is 6.68. The second kappa shape index (κ2) is 18.6. The van der Waals surface area contributed by atoms with Crippen molar-refractivity contribution in [3.05, 3.63) is 77.1 Å². The molecule has 1 unspecified atom stereocenters. The molecule has 0 radical (unpaired) electrons. The number of rotatable bonds is 14. The highest BCUT2D eigenvalue weighted by atomic mass is 19.4. The SMILES string of the molecule is C#C.C/C=C(/C#N)[C@H](C)CC(C)C/C(C)=C/N=CCCCCCCc1ccc(-c2ccccc2C(F)(F)F)nc1. The number of pyridine rings is 1. The fourth-order valence-electron chi connectivity index (χ4n) is 4.73. The fourth-order valence-corrected chi connectivity index (χ4v) is 4.73. The average Bonchev–Trinajstić information content (AvgIpc) is 2.93. The minimum absolute atomic E-state index is 0.112. The molecule has 0 saturated heterocycles. The molecule has 1 aromatic heterocycles. The molecule has 0 aliphatic heterocycles. The number of nitriles is 1. The molecule has 0 bridgehead atoms. The molecule has 0 fully saturated rings. The minimum atomic E-state index is -4.40. The van der Waals surface area contributed by atoms with Crippen LogP contribution in [0.5, 0.6) is 0 Å². The molecule has 1 aromatic carbocycles. The maximum absolute atomic E-state index is 13.3. The summed E-state index contributed by atoms with van der Waals surface area (Å²) < 4.78 is 39.8. The Morgan fingerprint density at radius 2 is 1.77 bits per heavy atom. The number of allylic oxidation sites excluding steroid dienone is 3. The number of hydrogen-bond acceptors (Lipinski definition) is 3. The largest absolute Gasteiger partial charge is 0.417 e. The van der Waals surface area contributed by atoms with Crippen molar-refractivity contribution < 1.29 is 13.2 Å². The number of benzene rings is 1. The summed E-state index contributed by atoms with van der Waals surface area (Å²) in [5, 5.41) is 9.17. The van der Waals surface area contributed by atoms with Gasteiger partial charge in [-0.05, 0) is 81.9 Å². The van der Waals surface area contributed by atoms with Gasteiger partial charge in [-0.25, -0.2) is 0 Å². The molecule has 214 valence electrons. The van der Waals surface area contributed by atoms with E-state index in [1.54, 1.807) is 18.3 Å². The van der Waals surface area contributed by atoms with Crippen LogP contribution in [0.2, 0.25) is 0 Å². The maximum Gasteiger partial charge on any atom is 0.417 e. The van der Waals surface area contributed by atoms with E-state index in [9.17, 15) is 18.4 Å². The van der Waals surface area contributed by atoms with Gasteiger partial charge in [-0.2, -0.15) is 18.4 Å². The van der Waals surface area contributed by atoms with Gasteiger partial charge in [0.15, 0.2) is 0 Å². The Morgan fingerprint density at radius 3 is 2.40 bits per heavy atom. The fraction of sp³-hybridized carbons (Fsp3) is 0.441. The molecule has 0 spiro atoms. The van der Waals surface area contributed by atoms with Crippen molar-refractivity contribution in [2.75, 3.05) is 0 Å². The lowest BCUT2D eigenvalue weighted by Gasteiger charge is -2.16. The molecule has 0 aliphatic rings. The van der Waals surface area contributed by atoms with Gasteiger partial charge in [-0.1, -0.05) is 62.6 Å². The summed E-state index contributed by atoms with van der Waals surface area (Å²) in [7, 11) is 0. The van der Waals surface area contributed by atoms with Crippen molar-refractivity contribution in [3.63, 3.8) is 0 Å². The number of aromatic nitrogens is 1. The first-order chi connectivity index (χ1) is 19.2. The summed E-state index contributed by atoms with van der Waals surface area (Å²) in [6.45, 7) is 8.36. The molecule has 0 saturated carbocycles. The zero-order chi connectivity index (χ0) is 30.0. The normalized spacial score (nSPS) is 13.8. The van der Waals surface area contributed by atoms with Crippen LogP contribution in [0.25, 0.3) is 11.3 Å². The van der Waals surface area contributed by atoms with E-state index in [2.05, 4.69) is 49.7 Å². The number of terminal acetylenes is 1. The van der Waals surface area contributed by atoms with Gasteiger partial charge in [0.05, 0.1) is 17.3 Å². The van der Waals surface area contributed by atoms with Crippen LogP contribution in [0.4, 0.5) is 13.2 Å². The van der Waals surface area contributed by atoms with Gasteiger partial charge >= 0.3 is 6.18 Å². The van der Waals surface area contributed by atoms with Crippen LogP contribution in [0, 0.1) is 36.0 Å². The predicted molar refractivity (Wildman–Crippen MR) is 161 cm³/mol. The molecule has 6 heteroatoms. The van der Waals surface area contributed by atoms with E-state index >= 15 is 0 Å². The second-order valence-corrected chi connectivity index (χ2v) is 10.2. The Hall–Kier alpha value is -3.64. The monoisotopic (exact) mass is 549 g/mol. The third-order valence-electron chi connectivity index (χ3n) is 6.68. The van der Waals surface area contributed by atoms with Crippen LogP contribution in [0.15, 0.2) is 71.0 Å². The number of hydrogen-bond donors (Lipinski definition) is 0. The van der Waals surface area contributed by atoms with E-state index in [0.717, 1.165) is 68.6 Å². The first-order valence-corrected chi connectivity index (χ1v) is 13.8. The Morgan fingerprint density at radius 1 is 1.07 bits per heavy atom. The van der Waals surface area contributed by atoms with Crippen LogP contribution in [-0.4, -0.2) is 11.2 Å². The van der Waals surface area contributed by atoms with E-state index < -0.39 is 11.7 Å². The zero-order valence-corrected chi connectivity index (χ0v) is 24.2. The predicted octanol–water partition coefficient (Wildman–Crippen LogP) is 10.0. The van der Waals surface area contributed by atoms with E-state index in [-0.39, 0.29) is 11.5 Å². The van der Waals surface area contributed by atoms with Crippen LogP contribution in [0.1, 0.15) is 83.8 Å². The lowest BCUT2D eigenvalue weighted by atomic mass is 9.88. The number of nitrogens with zero attached hydrogens (tertiary/aromatic N) is 3. The second-order valence-electron chi connectivity index (χ2n) is 10.2. The third kappa shape index (κ3) is 12.5. The first-order valence-electron chi connectivity index (χ1n) is 13.8. The quantitative estimate of drug-likeness (QED) is 0.102. The summed E-state index contributed by atoms with van der Waals surface area (Å²) in [6.07, 6.45) is 19.2. The maximum atomic E-state index is 13.3. The minimum Gasteiger partial charge on any atom is -0.269 e. The number of halogens is 3. The van der Waals surface area contributed by atoms with Gasteiger partial charge in [-0.15, -0.1) is 12.8 Å². The lowest BCUT2D eigenvalue weighted by Crippen LogP contribution is -2.07. The molecule has 0 aliphatic carbocycles. The van der Waals surface area contributed by atoms with E-state index in [0.29, 0.717) is 11.6 Å². The van der Waals surface area contributed by atoms with E-state index in [1.807, 2.05) is 31.5 Å². The smallest absolute Gasteiger partial charge is 0.269 e. The van der Waals surface area contributed by atoms with Crippen LogP contribution in [-0.2, 0) is 12.6 Å². The zero-order valence-electron chi connectivity index (χ0n) is 24.2. The highest BCUT2D eigenvalue weighted by Gasteiger charge is 2.33. The van der Waals surface area contributed by atoms with Gasteiger partial charge in [0.2, 0.25) is 0 Å². The lowest BCUT2D eigenvalue weighted by molar-refractivity contribution is -0.137. The van der Waals surface area contributed by atoms with Gasteiger partial charge in [-0.3, -0.25) is 9.98 Å². The molecule has 0 amide bonds. The van der Waals surface area contributed by atoms with Crippen LogP contribution < -0.4 is 0 Å². The van der Waals surface area contributed by atoms with Gasteiger partial charge < -0.3 is 0 Å². The first kappa shape index (κ1) is 34.4. The summed E-state index contributed by atoms with van der Waals surface area (Å²) in [4.78, 5) is 8.76. The molecule has 1 heterocycles. The summed E-state index contributed by atoms with van der Waals surface area (Å²) in [5.41, 5.74) is 2.95. The summed E-state index contributed by atoms with van der Waals surface area (Å²) in [5.74, 6) is 0.787. The number of aliphatic imine (C=N–C) groups is 1. The average molecular weight is 550 g/mol. The van der Waals surface area contributed by atoms with Crippen molar-refractivity contribution in [2.24, 2.45) is 16.8 Å².